The zero-order valence-corrected chi connectivity index (χ0v) is 10.7. The van der Waals surface area contributed by atoms with E-state index in [-0.39, 0.29) is 16.5 Å². The SMILES string of the molecule is O=C(O)c1cc(-c2cccs2)nc2cc(F)cc(F)c12. The molecule has 0 bridgehead atoms. The fraction of sp³-hybridized carbons (Fsp3) is 0. The molecule has 2 aromatic heterocycles. The van der Waals surface area contributed by atoms with E-state index in [4.69, 9.17) is 0 Å². The van der Waals surface area contributed by atoms with Gasteiger partial charge in [0, 0.05) is 12.1 Å². The quantitative estimate of drug-likeness (QED) is 0.778. The highest BCUT2D eigenvalue weighted by Gasteiger charge is 2.17. The van der Waals surface area contributed by atoms with Gasteiger partial charge in [-0.2, -0.15) is 0 Å². The molecule has 3 rings (SSSR count). The van der Waals surface area contributed by atoms with Gasteiger partial charge in [0.25, 0.3) is 0 Å². The zero-order chi connectivity index (χ0) is 14.3. The molecule has 3 aromatic rings. The number of hydrogen-bond donors (Lipinski definition) is 1. The minimum Gasteiger partial charge on any atom is -0.478 e. The van der Waals surface area contributed by atoms with Crippen LogP contribution < -0.4 is 0 Å². The molecule has 3 nitrogen and oxygen atoms in total. The topological polar surface area (TPSA) is 50.2 Å². The molecule has 100 valence electrons. The number of thiophene rings is 1. The van der Waals surface area contributed by atoms with Crippen LogP contribution in [0, 0.1) is 11.6 Å². The van der Waals surface area contributed by atoms with Crippen LogP contribution in [0.2, 0.25) is 0 Å². The van der Waals surface area contributed by atoms with Gasteiger partial charge in [0.1, 0.15) is 11.6 Å². The Morgan fingerprint density at radius 2 is 2.05 bits per heavy atom. The van der Waals surface area contributed by atoms with E-state index in [1.807, 2.05) is 5.38 Å². The third kappa shape index (κ3) is 2.04. The lowest BCUT2D eigenvalue weighted by Crippen LogP contribution is -2.02. The summed E-state index contributed by atoms with van der Waals surface area (Å²) in [5.41, 5.74) is 0.150. The molecule has 0 amide bonds. The maximum atomic E-state index is 13.8. The second-order valence-electron chi connectivity index (χ2n) is 4.12. The van der Waals surface area contributed by atoms with Crippen LogP contribution >= 0.6 is 11.3 Å². The standard InChI is InChI=1S/C14H7F2NO2S/c15-7-4-9(16)13-8(14(18)19)6-10(17-11(13)5-7)12-2-1-3-20-12/h1-6H,(H,18,19). The van der Waals surface area contributed by atoms with Crippen LogP contribution in [0.4, 0.5) is 8.78 Å². The normalized spacial score (nSPS) is 10.9. The lowest BCUT2D eigenvalue weighted by molar-refractivity contribution is 0.0698. The summed E-state index contributed by atoms with van der Waals surface area (Å²) in [5.74, 6) is -2.99. The molecule has 2 heterocycles. The second-order valence-corrected chi connectivity index (χ2v) is 5.07. The van der Waals surface area contributed by atoms with Crippen molar-refractivity contribution in [3.63, 3.8) is 0 Å². The molecule has 0 saturated carbocycles. The van der Waals surface area contributed by atoms with Crippen molar-refractivity contribution in [2.45, 2.75) is 0 Å². The van der Waals surface area contributed by atoms with Crippen LogP contribution in [0.3, 0.4) is 0 Å². The first kappa shape index (κ1) is 12.7. The Morgan fingerprint density at radius 3 is 2.70 bits per heavy atom. The Kier molecular flexibility index (Phi) is 2.94. The van der Waals surface area contributed by atoms with Gasteiger partial charge in [-0.25, -0.2) is 18.6 Å². The fourth-order valence-corrected chi connectivity index (χ4v) is 2.69. The van der Waals surface area contributed by atoms with Gasteiger partial charge in [0.2, 0.25) is 0 Å². The maximum absolute atomic E-state index is 13.8. The molecular weight excluding hydrogens is 284 g/mol. The lowest BCUT2D eigenvalue weighted by atomic mass is 10.1. The Morgan fingerprint density at radius 1 is 1.25 bits per heavy atom. The van der Waals surface area contributed by atoms with E-state index in [0.29, 0.717) is 11.8 Å². The van der Waals surface area contributed by atoms with Gasteiger partial charge in [-0.05, 0) is 17.5 Å². The van der Waals surface area contributed by atoms with Crippen LogP contribution in [0.1, 0.15) is 10.4 Å². The predicted molar refractivity (Wildman–Crippen MR) is 71.9 cm³/mol. The van der Waals surface area contributed by atoms with E-state index in [2.05, 4.69) is 4.98 Å². The summed E-state index contributed by atoms with van der Waals surface area (Å²) in [6.45, 7) is 0. The molecule has 1 aromatic carbocycles. The number of aromatic nitrogens is 1. The van der Waals surface area contributed by atoms with Crippen molar-refractivity contribution in [3.05, 3.63) is 52.9 Å². The molecule has 0 unspecified atom stereocenters. The van der Waals surface area contributed by atoms with Crippen molar-refractivity contribution >= 4 is 28.2 Å². The number of carboxylic acids is 1. The maximum Gasteiger partial charge on any atom is 0.336 e. The van der Waals surface area contributed by atoms with Crippen molar-refractivity contribution < 1.29 is 18.7 Å². The molecule has 0 aliphatic heterocycles. The van der Waals surface area contributed by atoms with Crippen LogP contribution in [0.15, 0.2) is 35.7 Å². The van der Waals surface area contributed by atoms with Gasteiger partial charge in [0.05, 0.1) is 27.0 Å². The van der Waals surface area contributed by atoms with Crippen LogP contribution in [-0.4, -0.2) is 16.1 Å². The monoisotopic (exact) mass is 291 g/mol. The number of benzene rings is 1. The van der Waals surface area contributed by atoms with Gasteiger partial charge in [-0.1, -0.05) is 6.07 Å². The molecule has 20 heavy (non-hydrogen) atoms. The Balaban J connectivity index is 2.40. The third-order valence-electron chi connectivity index (χ3n) is 2.83. The van der Waals surface area contributed by atoms with E-state index in [9.17, 15) is 18.7 Å². The van der Waals surface area contributed by atoms with E-state index in [1.165, 1.54) is 17.4 Å². The molecule has 0 aliphatic carbocycles. The van der Waals surface area contributed by atoms with Gasteiger partial charge in [0.15, 0.2) is 0 Å². The van der Waals surface area contributed by atoms with Crippen molar-refractivity contribution in [1.29, 1.82) is 0 Å². The molecule has 0 saturated heterocycles. The summed E-state index contributed by atoms with van der Waals surface area (Å²) in [5, 5.41) is 10.8. The molecule has 0 aliphatic rings. The Labute approximate surface area is 116 Å². The smallest absolute Gasteiger partial charge is 0.336 e. The van der Waals surface area contributed by atoms with Crippen molar-refractivity contribution in [3.8, 4) is 10.6 Å². The van der Waals surface area contributed by atoms with Crippen LogP contribution in [-0.2, 0) is 0 Å². The van der Waals surface area contributed by atoms with Crippen molar-refractivity contribution in [2.24, 2.45) is 0 Å². The molecule has 1 N–H and O–H groups in total. The van der Waals surface area contributed by atoms with Gasteiger partial charge < -0.3 is 5.11 Å². The van der Waals surface area contributed by atoms with Gasteiger partial charge in [-0.3, -0.25) is 0 Å². The van der Waals surface area contributed by atoms with E-state index < -0.39 is 17.6 Å². The highest BCUT2D eigenvalue weighted by molar-refractivity contribution is 7.13. The number of carbonyl (C=O) groups is 1. The number of rotatable bonds is 2. The fourth-order valence-electron chi connectivity index (χ4n) is 2.00. The zero-order valence-electron chi connectivity index (χ0n) is 9.93. The molecule has 0 spiro atoms. The molecular formula is C14H7F2NO2S. The predicted octanol–water partition coefficient (Wildman–Crippen LogP) is 3.94. The number of aromatic carboxylic acids is 1. The minimum absolute atomic E-state index is 0.00852. The molecule has 6 heteroatoms. The average Bonchev–Trinajstić information content (AvgIpc) is 2.90. The lowest BCUT2D eigenvalue weighted by Gasteiger charge is -2.07. The summed E-state index contributed by atoms with van der Waals surface area (Å²) in [4.78, 5) is 16.2. The van der Waals surface area contributed by atoms with E-state index in [0.717, 1.165) is 10.9 Å². The van der Waals surface area contributed by atoms with E-state index >= 15 is 0 Å². The molecule has 0 fully saturated rings. The van der Waals surface area contributed by atoms with Crippen molar-refractivity contribution in [2.75, 3.05) is 0 Å². The number of halogens is 2. The summed E-state index contributed by atoms with van der Waals surface area (Å²) >= 11 is 1.37. The van der Waals surface area contributed by atoms with Crippen LogP contribution in [0.5, 0.6) is 0 Å². The summed E-state index contributed by atoms with van der Waals surface area (Å²) in [7, 11) is 0. The third-order valence-corrected chi connectivity index (χ3v) is 3.72. The number of fused-ring (bicyclic) bond motifs is 1. The first-order chi connectivity index (χ1) is 9.56. The second kappa shape index (κ2) is 4.64. The first-order valence-corrected chi connectivity index (χ1v) is 6.51. The number of carboxylic acid groups (broad SMARTS) is 1. The Bertz CT molecular complexity index is 816. The number of nitrogens with zero attached hydrogens (tertiary/aromatic N) is 1. The highest BCUT2D eigenvalue weighted by atomic mass is 32.1. The number of pyridine rings is 1. The van der Waals surface area contributed by atoms with E-state index in [1.54, 1.807) is 12.1 Å². The minimum atomic E-state index is -1.28. The summed E-state index contributed by atoms with van der Waals surface area (Å²) < 4.78 is 27.1. The van der Waals surface area contributed by atoms with Crippen LogP contribution in [0.25, 0.3) is 21.5 Å². The average molecular weight is 291 g/mol. The van der Waals surface area contributed by atoms with Crippen molar-refractivity contribution in [1.82, 2.24) is 4.98 Å². The highest BCUT2D eigenvalue weighted by Crippen LogP contribution is 2.29. The molecule has 0 atom stereocenters. The number of hydrogen-bond acceptors (Lipinski definition) is 3. The summed E-state index contributed by atoms with van der Waals surface area (Å²) in [6.07, 6.45) is 0. The van der Waals surface area contributed by atoms with Gasteiger partial charge in [-0.15, -0.1) is 11.3 Å². The largest absolute Gasteiger partial charge is 0.478 e. The van der Waals surface area contributed by atoms with Gasteiger partial charge >= 0.3 is 5.97 Å². The summed E-state index contributed by atoms with van der Waals surface area (Å²) in [6, 6.07) is 6.54. The first-order valence-electron chi connectivity index (χ1n) is 5.63. The Hall–Kier alpha value is -2.34. The molecule has 0 radical (unpaired) electrons.